The first kappa shape index (κ1) is 55.1. The minimum absolute atomic E-state index is 0.0851. The highest BCUT2D eigenvalue weighted by Crippen LogP contribution is 2.14. The summed E-state index contributed by atoms with van der Waals surface area (Å²) >= 11 is 0. The standard InChI is InChI=1S/C52H90O6/c1-4-7-10-13-16-19-21-23-25-26-27-29-30-33-36-39-42-45-51(54)57-48-49(47-56-50(53)44-41-38-35-32-18-15-12-9-6-3)58-52(55)46-43-40-37-34-31-28-24-22-20-17-14-11-8-5-2/h8,11,16-17,19-20,23-25,28,49H,4-7,9-10,12-15,18,21-22,26-27,29-48H2,1-3H3/b11-8-,19-16-,20-17-,25-23-,28-24-. The highest BCUT2D eigenvalue weighted by molar-refractivity contribution is 5.71. The van der Waals surface area contributed by atoms with Crippen LogP contribution in [0.2, 0.25) is 0 Å². The van der Waals surface area contributed by atoms with E-state index in [-0.39, 0.29) is 31.1 Å². The molecule has 0 N–H and O–H groups in total. The van der Waals surface area contributed by atoms with Crippen LogP contribution < -0.4 is 0 Å². The molecule has 0 rings (SSSR count). The molecule has 1 atom stereocenters. The highest BCUT2D eigenvalue weighted by Gasteiger charge is 2.19. The molecule has 0 aliphatic rings. The van der Waals surface area contributed by atoms with Gasteiger partial charge in [-0.25, -0.2) is 0 Å². The summed E-state index contributed by atoms with van der Waals surface area (Å²) in [5, 5.41) is 0. The van der Waals surface area contributed by atoms with Crippen LogP contribution in [0.4, 0.5) is 0 Å². The molecule has 0 saturated heterocycles. The molecule has 6 nitrogen and oxygen atoms in total. The molecule has 0 aliphatic heterocycles. The number of hydrogen-bond acceptors (Lipinski definition) is 6. The third-order valence-electron chi connectivity index (χ3n) is 10.3. The fraction of sp³-hybridized carbons (Fsp3) is 0.750. The zero-order valence-electron chi connectivity index (χ0n) is 38.0. The summed E-state index contributed by atoms with van der Waals surface area (Å²) < 4.78 is 16.7. The number of hydrogen-bond donors (Lipinski definition) is 0. The van der Waals surface area contributed by atoms with Crippen molar-refractivity contribution >= 4 is 17.9 Å². The number of allylic oxidation sites excluding steroid dienone is 10. The van der Waals surface area contributed by atoms with Crippen molar-refractivity contribution in [1.82, 2.24) is 0 Å². The summed E-state index contributed by atoms with van der Waals surface area (Å²) in [5.74, 6) is -0.918. The van der Waals surface area contributed by atoms with E-state index in [0.29, 0.717) is 19.3 Å². The summed E-state index contributed by atoms with van der Waals surface area (Å²) in [6.07, 6.45) is 56.3. The van der Waals surface area contributed by atoms with Crippen LogP contribution in [-0.4, -0.2) is 37.2 Å². The smallest absolute Gasteiger partial charge is 0.306 e. The Kier molecular flexibility index (Phi) is 44.5. The first-order valence-corrected chi connectivity index (χ1v) is 24.3. The largest absolute Gasteiger partial charge is 0.462 e. The van der Waals surface area contributed by atoms with Gasteiger partial charge < -0.3 is 14.2 Å². The first-order chi connectivity index (χ1) is 28.5. The van der Waals surface area contributed by atoms with Gasteiger partial charge in [-0.15, -0.1) is 0 Å². The summed E-state index contributed by atoms with van der Waals surface area (Å²) in [5.41, 5.74) is 0. The average molecular weight is 811 g/mol. The molecule has 334 valence electrons. The van der Waals surface area contributed by atoms with Gasteiger partial charge in [-0.2, -0.15) is 0 Å². The van der Waals surface area contributed by atoms with Gasteiger partial charge in [-0.1, -0.05) is 191 Å². The van der Waals surface area contributed by atoms with Crippen molar-refractivity contribution < 1.29 is 28.6 Å². The summed E-state index contributed by atoms with van der Waals surface area (Å²) in [4.78, 5) is 37.8. The van der Waals surface area contributed by atoms with Crippen LogP contribution in [0.1, 0.15) is 233 Å². The predicted octanol–water partition coefficient (Wildman–Crippen LogP) is 15.7. The number of carbonyl (C=O) groups is 3. The van der Waals surface area contributed by atoms with E-state index >= 15 is 0 Å². The monoisotopic (exact) mass is 811 g/mol. The number of rotatable bonds is 43. The molecule has 0 radical (unpaired) electrons. The van der Waals surface area contributed by atoms with E-state index in [2.05, 4.69) is 81.5 Å². The molecule has 0 bridgehead atoms. The van der Waals surface area contributed by atoms with Gasteiger partial charge in [0, 0.05) is 19.3 Å². The summed E-state index contributed by atoms with van der Waals surface area (Å²) in [7, 11) is 0. The quantitative estimate of drug-likeness (QED) is 0.0264. The fourth-order valence-corrected chi connectivity index (χ4v) is 6.60. The summed E-state index contributed by atoms with van der Waals surface area (Å²) in [6, 6.07) is 0. The zero-order chi connectivity index (χ0) is 42.3. The number of esters is 3. The molecule has 1 unspecified atom stereocenters. The Hall–Kier alpha value is -2.89. The van der Waals surface area contributed by atoms with Gasteiger partial charge in [0.2, 0.25) is 0 Å². The topological polar surface area (TPSA) is 78.9 Å². The van der Waals surface area contributed by atoms with Gasteiger partial charge in [0.05, 0.1) is 0 Å². The minimum Gasteiger partial charge on any atom is -0.462 e. The van der Waals surface area contributed by atoms with E-state index in [1.807, 2.05) is 0 Å². The SMILES string of the molecule is CC/C=C\C/C=C\C/C=C\CCCCCCC(=O)OC(COC(=O)CCCCCCCCC/C=C\C/C=C\CCCCC)COC(=O)CCCCCCCCCCC. The molecule has 0 aromatic carbocycles. The maximum atomic E-state index is 12.7. The molecular weight excluding hydrogens is 721 g/mol. The molecule has 0 aliphatic carbocycles. The van der Waals surface area contributed by atoms with E-state index in [4.69, 9.17) is 14.2 Å². The van der Waals surface area contributed by atoms with Gasteiger partial charge >= 0.3 is 17.9 Å². The lowest BCUT2D eigenvalue weighted by molar-refractivity contribution is -0.167. The minimum atomic E-state index is -0.785. The molecule has 58 heavy (non-hydrogen) atoms. The Morgan fingerprint density at radius 1 is 0.362 bits per heavy atom. The Balaban J connectivity index is 4.37. The van der Waals surface area contributed by atoms with Crippen LogP contribution in [-0.2, 0) is 28.6 Å². The number of carbonyl (C=O) groups excluding carboxylic acids is 3. The Morgan fingerprint density at radius 2 is 0.672 bits per heavy atom. The molecule has 0 saturated carbocycles. The summed E-state index contributed by atoms with van der Waals surface area (Å²) in [6.45, 7) is 6.45. The Labute approximate surface area is 358 Å². The Morgan fingerprint density at radius 3 is 1.09 bits per heavy atom. The molecule has 0 heterocycles. The predicted molar refractivity (Wildman–Crippen MR) is 247 cm³/mol. The van der Waals surface area contributed by atoms with Crippen molar-refractivity contribution in [2.24, 2.45) is 0 Å². The van der Waals surface area contributed by atoms with Gasteiger partial charge in [0.1, 0.15) is 13.2 Å². The van der Waals surface area contributed by atoms with Crippen molar-refractivity contribution in [3.8, 4) is 0 Å². The highest BCUT2D eigenvalue weighted by atomic mass is 16.6. The number of ether oxygens (including phenoxy) is 3. The first-order valence-electron chi connectivity index (χ1n) is 24.3. The third-order valence-corrected chi connectivity index (χ3v) is 10.3. The second-order valence-corrected chi connectivity index (χ2v) is 16.0. The molecule has 0 amide bonds. The van der Waals surface area contributed by atoms with Crippen LogP contribution >= 0.6 is 0 Å². The van der Waals surface area contributed by atoms with Crippen LogP contribution in [0, 0.1) is 0 Å². The van der Waals surface area contributed by atoms with Crippen molar-refractivity contribution in [3.63, 3.8) is 0 Å². The van der Waals surface area contributed by atoms with E-state index < -0.39 is 6.10 Å². The van der Waals surface area contributed by atoms with Crippen LogP contribution in [0.25, 0.3) is 0 Å². The molecule has 0 aromatic rings. The lowest BCUT2D eigenvalue weighted by atomic mass is 10.1. The molecule has 0 spiro atoms. The maximum Gasteiger partial charge on any atom is 0.306 e. The molecule has 0 aromatic heterocycles. The number of unbranched alkanes of at least 4 members (excludes halogenated alkanes) is 22. The van der Waals surface area contributed by atoms with Crippen molar-refractivity contribution in [2.45, 2.75) is 239 Å². The lowest BCUT2D eigenvalue weighted by Crippen LogP contribution is -2.30. The molecular formula is C52H90O6. The fourth-order valence-electron chi connectivity index (χ4n) is 6.60. The van der Waals surface area contributed by atoms with E-state index in [9.17, 15) is 14.4 Å². The van der Waals surface area contributed by atoms with Crippen molar-refractivity contribution in [3.05, 3.63) is 60.8 Å². The molecule has 0 fully saturated rings. The van der Waals surface area contributed by atoms with Crippen molar-refractivity contribution in [1.29, 1.82) is 0 Å². The zero-order valence-corrected chi connectivity index (χ0v) is 38.0. The third kappa shape index (κ3) is 44.2. The lowest BCUT2D eigenvalue weighted by Gasteiger charge is -2.18. The maximum absolute atomic E-state index is 12.7. The second-order valence-electron chi connectivity index (χ2n) is 16.0. The van der Waals surface area contributed by atoms with E-state index in [1.54, 1.807) is 0 Å². The average Bonchev–Trinajstić information content (AvgIpc) is 3.22. The van der Waals surface area contributed by atoms with E-state index in [1.165, 1.54) is 89.9 Å². The van der Waals surface area contributed by atoms with Crippen LogP contribution in [0.3, 0.4) is 0 Å². The van der Waals surface area contributed by atoms with Crippen LogP contribution in [0.15, 0.2) is 60.8 Å². The van der Waals surface area contributed by atoms with Gasteiger partial charge in [0.15, 0.2) is 6.10 Å². The second kappa shape index (κ2) is 46.8. The van der Waals surface area contributed by atoms with Crippen molar-refractivity contribution in [2.75, 3.05) is 13.2 Å². The van der Waals surface area contributed by atoms with Gasteiger partial charge in [0.25, 0.3) is 0 Å². The molecule has 6 heteroatoms. The van der Waals surface area contributed by atoms with E-state index in [0.717, 1.165) is 103 Å². The van der Waals surface area contributed by atoms with Crippen LogP contribution in [0.5, 0.6) is 0 Å². The van der Waals surface area contributed by atoms with Gasteiger partial charge in [-0.05, 0) is 83.5 Å². The Bertz CT molecular complexity index is 1070. The van der Waals surface area contributed by atoms with Gasteiger partial charge in [-0.3, -0.25) is 14.4 Å². The normalized spacial score (nSPS) is 12.5.